The highest BCUT2D eigenvalue weighted by Gasteiger charge is 2.18. The Kier molecular flexibility index (Phi) is 2.85. The van der Waals surface area contributed by atoms with Crippen LogP contribution in [0.4, 0.5) is 0 Å². The highest BCUT2D eigenvalue weighted by molar-refractivity contribution is 9.10. The molecule has 14 heavy (non-hydrogen) atoms. The van der Waals surface area contributed by atoms with Crippen LogP contribution in [-0.4, -0.2) is 13.1 Å². The largest absolute Gasteiger partial charge is 0.316 e. The summed E-state index contributed by atoms with van der Waals surface area (Å²) in [7, 11) is 0. The average molecular weight is 251 g/mol. The number of halogens is 1. The van der Waals surface area contributed by atoms with E-state index in [2.05, 4.69) is 27.3 Å². The van der Waals surface area contributed by atoms with Crippen molar-refractivity contribution in [3.63, 3.8) is 0 Å². The van der Waals surface area contributed by atoms with Gasteiger partial charge >= 0.3 is 0 Å². The summed E-state index contributed by atoms with van der Waals surface area (Å²) in [4.78, 5) is 0. The lowest BCUT2D eigenvalue weighted by molar-refractivity contribution is 0.346. The fraction of sp³-hybridized carbons (Fsp3) is 0.364. The van der Waals surface area contributed by atoms with Gasteiger partial charge in [-0.3, -0.25) is 0 Å². The topological polar surface area (TPSA) is 35.8 Å². The average Bonchev–Trinajstić information content (AvgIpc) is 2.14. The molecular formula is C11H11BrN2. The predicted molar refractivity (Wildman–Crippen MR) is 58.9 cm³/mol. The van der Waals surface area contributed by atoms with Gasteiger partial charge in [-0.05, 0) is 49.2 Å². The quantitative estimate of drug-likeness (QED) is 0.873. The smallest absolute Gasteiger partial charge is 0.0991 e. The van der Waals surface area contributed by atoms with Gasteiger partial charge in [0.05, 0.1) is 11.6 Å². The molecule has 1 aromatic carbocycles. The Morgan fingerprint density at radius 2 is 2.29 bits per heavy atom. The molecule has 72 valence electrons. The van der Waals surface area contributed by atoms with Crippen molar-refractivity contribution >= 4 is 15.9 Å². The summed E-state index contributed by atoms with van der Waals surface area (Å²) in [5.41, 5.74) is 1.99. The summed E-state index contributed by atoms with van der Waals surface area (Å²) < 4.78 is 1.11. The van der Waals surface area contributed by atoms with Gasteiger partial charge in [-0.15, -0.1) is 0 Å². The van der Waals surface area contributed by atoms with E-state index in [1.807, 2.05) is 18.2 Å². The summed E-state index contributed by atoms with van der Waals surface area (Å²) in [6.45, 7) is 2.20. The number of nitriles is 1. The Hall–Kier alpha value is -0.850. The summed E-state index contributed by atoms with van der Waals surface area (Å²) in [5, 5.41) is 12.0. The third-order valence-corrected chi connectivity index (χ3v) is 3.32. The van der Waals surface area contributed by atoms with E-state index >= 15 is 0 Å². The molecule has 1 fully saturated rings. The highest BCUT2D eigenvalue weighted by Crippen LogP contribution is 2.22. The van der Waals surface area contributed by atoms with E-state index in [0.29, 0.717) is 0 Å². The van der Waals surface area contributed by atoms with Crippen LogP contribution in [0.15, 0.2) is 22.7 Å². The molecule has 1 heterocycles. The van der Waals surface area contributed by atoms with Crippen molar-refractivity contribution in [1.29, 1.82) is 5.26 Å². The zero-order chi connectivity index (χ0) is 9.97. The molecule has 0 aliphatic carbocycles. The molecule has 1 saturated heterocycles. The van der Waals surface area contributed by atoms with Gasteiger partial charge in [-0.1, -0.05) is 15.9 Å². The molecule has 0 amide bonds. The maximum atomic E-state index is 8.78. The van der Waals surface area contributed by atoms with Crippen LogP contribution >= 0.6 is 15.9 Å². The lowest BCUT2D eigenvalue weighted by Gasteiger charge is -2.27. The Bertz CT molecular complexity index is 377. The van der Waals surface area contributed by atoms with E-state index in [4.69, 9.17) is 5.26 Å². The number of nitrogens with one attached hydrogen (secondary N) is 1. The molecule has 0 atom stereocenters. The molecule has 2 rings (SSSR count). The SMILES string of the molecule is N#Cc1ccc(Br)c(CC2CNC2)c1. The van der Waals surface area contributed by atoms with Gasteiger partial charge < -0.3 is 5.32 Å². The third kappa shape index (κ3) is 1.97. The van der Waals surface area contributed by atoms with Crippen LogP contribution in [0.3, 0.4) is 0 Å². The second-order valence-electron chi connectivity index (χ2n) is 3.65. The minimum atomic E-state index is 0.736. The van der Waals surface area contributed by atoms with Crippen molar-refractivity contribution in [1.82, 2.24) is 5.32 Å². The molecule has 0 unspecified atom stereocenters. The van der Waals surface area contributed by atoms with Crippen LogP contribution in [0, 0.1) is 17.2 Å². The van der Waals surface area contributed by atoms with E-state index in [-0.39, 0.29) is 0 Å². The molecule has 0 radical (unpaired) electrons. The normalized spacial score (nSPS) is 16.0. The van der Waals surface area contributed by atoms with E-state index in [9.17, 15) is 0 Å². The number of hydrogen-bond donors (Lipinski definition) is 1. The van der Waals surface area contributed by atoms with Gasteiger partial charge in [0.25, 0.3) is 0 Å². The maximum Gasteiger partial charge on any atom is 0.0991 e. The van der Waals surface area contributed by atoms with Gasteiger partial charge in [0, 0.05) is 4.47 Å². The zero-order valence-electron chi connectivity index (χ0n) is 7.76. The van der Waals surface area contributed by atoms with Gasteiger partial charge in [-0.25, -0.2) is 0 Å². The van der Waals surface area contributed by atoms with Crippen LogP contribution in [0.25, 0.3) is 0 Å². The molecule has 1 aliphatic heterocycles. The molecule has 0 saturated carbocycles. The molecule has 1 aliphatic rings. The minimum absolute atomic E-state index is 0.736. The van der Waals surface area contributed by atoms with E-state index < -0.39 is 0 Å². The summed E-state index contributed by atoms with van der Waals surface area (Å²) in [6.07, 6.45) is 1.06. The standard InChI is InChI=1S/C11H11BrN2/c12-11-2-1-8(5-13)3-10(11)4-9-6-14-7-9/h1-3,9,14H,4,6-7H2. The fourth-order valence-electron chi connectivity index (χ4n) is 1.60. The summed E-state index contributed by atoms with van der Waals surface area (Å²) >= 11 is 3.51. The first-order valence-electron chi connectivity index (χ1n) is 4.69. The maximum absolute atomic E-state index is 8.78. The van der Waals surface area contributed by atoms with Crippen molar-refractivity contribution in [3.8, 4) is 6.07 Å². The zero-order valence-corrected chi connectivity index (χ0v) is 9.34. The molecule has 1 aromatic rings. The van der Waals surface area contributed by atoms with E-state index in [0.717, 1.165) is 35.5 Å². The molecule has 1 N–H and O–H groups in total. The first-order valence-corrected chi connectivity index (χ1v) is 5.48. The van der Waals surface area contributed by atoms with Crippen molar-refractivity contribution < 1.29 is 0 Å². The highest BCUT2D eigenvalue weighted by atomic mass is 79.9. The minimum Gasteiger partial charge on any atom is -0.316 e. The van der Waals surface area contributed by atoms with Crippen molar-refractivity contribution in [2.24, 2.45) is 5.92 Å². The molecule has 0 spiro atoms. The summed E-state index contributed by atoms with van der Waals surface area (Å²) in [6, 6.07) is 7.94. The van der Waals surface area contributed by atoms with Gasteiger partial charge in [0.15, 0.2) is 0 Å². The molecule has 2 nitrogen and oxygen atoms in total. The van der Waals surface area contributed by atoms with Gasteiger partial charge in [0.2, 0.25) is 0 Å². The van der Waals surface area contributed by atoms with Gasteiger partial charge in [0.1, 0.15) is 0 Å². The molecule has 0 bridgehead atoms. The van der Waals surface area contributed by atoms with Crippen molar-refractivity contribution in [2.45, 2.75) is 6.42 Å². The molecular weight excluding hydrogens is 240 g/mol. The van der Waals surface area contributed by atoms with E-state index in [1.54, 1.807) is 0 Å². The first-order chi connectivity index (χ1) is 6.79. The number of rotatable bonds is 2. The van der Waals surface area contributed by atoms with Crippen LogP contribution in [0.1, 0.15) is 11.1 Å². The molecule has 3 heteroatoms. The van der Waals surface area contributed by atoms with Crippen LogP contribution in [0.2, 0.25) is 0 Å². The number of nitrogens with zero attached hydrogens (tertiary/aromatic N) is 1. The number of benzene rings is 1. The summed E-state index contributed by atoms with van der Waals surface area (Å²) in [5.74, 6) is 0.736. The second-order valence-corrected chi connectivity index (χ2v) is 4.50. The van der Waals surface area contributed by atoms with Crippen LogP contribution < -0.4 is 5.32 Å². The monoisotopic (exact) mass is 250 g/mol. The van der Waals surface area contributed by atoms with Gasteiger partial charge in [-0.2, -0.15) is 5.26 Å². The Morgan fingerprint density at radius 1 is 1.50 bits per heavy atom. The van der Waals surface area contributed by atoms with Crippen molar-refractivity contribution in [2.75, 3.05) is 13.1 Å². The Morgan fingerprint density at radius 3 is 2.86 bits per heavy atom. The third-order valence-electron chi connectivity index (χ3n) is 2.55. The Labute approximate surface area is 92.1 Å². The fourth-order valence-corrected chi connectivity index (χ4v) is 2.01. The Balaban J connectivity index is 2.18. The van der Waals surface area contributed by atoms with E-state index in [1.165, 1.54) is 5.56 Å². The first kappa shape index (κ1) is 9.70. The second kappa shape index (κ2) is 4.12. The predicted octanol–water partition coefficient (Wildman–Crippen LogP) is 2.08. The lowest BCUT2D eigenvalue weighted by Crippen LogP contribution is -2.43. The van der Waals surface area contributed by atoms with Crippen LogP contribution in [-0.2, 0) is 6.42 Å². The van der Waals surface area contributed by atoms with Crippen molar-refractivity contribution in [3.05, 3.63) is 33.8 Å². The lowest BCUT2D eigenvalue weighted by atomic mass is 9.94. The van der Waals surface area contributed by atoms with Crippen LogP contribution in [0.5, 0.6) is 0 Å². The number of hydrogen-bond acceptors (Lipinski definition) is 2. The molecule has 0 aromatic heterocycles.